The van der Waals surface area contributed by atoms with E-state index in [9.17, 15) is 0 Å². The molecule has 3 N–H and O–H groups in total. The number of aliphatic imine (C=N–C) groups is 1. The van der Waals surface area contributed by atoms with Gasteiger partial charge in [-0.25, -0.2) is 0 Å². The highest BCUT2D eigenvalue weighted by Crippen LogP contribution is 2.22. The van der Waals surface area contributed by atoms with E-state index < -0.39 is 5.79 Å². The smallest absolute Gasteiger partial charge is 0.188 e. The van der Waals surface area contributed by atoms with E-state index in [-0.39, 0.29) is 24.0 Å². The van der Waals surface area contributed by atoms with Gasteiger partial charge in [0.25, 0.3) is 0 Å². The lowest BCUT2D eigenvalue weighted by molar-refractivity contribution is -0.144. The summed E-state index contributed by atoms with van der Waals surface area (Å²) >= 11 is 0. The highest BCUT2D eigenvalue weighted by Gasteiger charge is 2.30. The van der Waals surface area contributed by atoms with Crippen molar-refractivity contribution in [3.8, 4) is 0 Å². The molecule has 1 heterocycles. The maximum Gasteiger partial charge on any atom is 0.188 e. The van der Waals surface area contributed by atoms with Gasteiger partial charge in [-0.1, -0.05) is 25.7 Å². The fourth-order valence-electron chi connectivity index (χ4n) is 2.76. The van der Waals surface area contributed by atoms with Gasteiger partial charge in [0, 0.05) is 19.0 Å². The Balaban J connectivity index is 0.00000200. The molecule has 1 aliphatic heterocycles. The van der Waals surface area contributed by atoms with Crippen LogP contribution in [0, 0.1) is 0 Å². The van der Waals surface area contributed by atoms with Gasteiger partial charge in [0.1, 0.15) is 0 Å². The van der Waals surface area contributed by atoms with Crippen LogP contribution in [0.2, 0.25) is 0 Å². The highest BCUT2D eigenvalue weighted by molar-refractivity contribution is 14.0. The van der Waals surface area contributed by atoms with E-state index in [1.165, 1.54) is 38.5 Å². The van der Waals surface area contributed by atoms with Crippen molar-refractivity contribution in [2.24, 2.45) is 10.7 Å². The molecule has 2 fully saturated rings. The van der Waals surface area contributed by atoms with E-state index in [1.54, 1.807) is 0 Å². The van der Waals surface area contributed by atoms with Gasteiger partial charge in [0.05, 0.1) is 13.2 Å². The van der Waals surface area contributed by atoms with Crippen molar-refractivity contribution in [3.05, 3.63) is 0 Å². The van der Waals surface area contributed by atoms with Crippen LogP contribution in [0.5, 0.6) is 0 Å². The summed E-state index contributed by atoms with van der Waals surface area (Å²) < 4.78 is 11.1. The number of halogens is 1. The number of nitrogens with two attached hydrogens (primary N) is 1. The molecular weight excluding hydrogens is 369 g/mol. The lowest BCUT2D eigenvalue weighted by atomic mass is 10.1. The SMILES string of the molecule is CC1(CCN=C(N)NC2CCCCCC2)OCCO1.I. The lowest BCUT2D eigenvalue weighted by Crippen LogP contribution is -2.40. The Morgan fingerprint density at radius 1 is 1.20 bits per heavy atom. The minimum Gasteiger partial charge on any atom is -0.370 e. The minimum absolute atomic E-state index is 0. The first-order chi connectivity index (χ1) is 9.18. The Hall–Kier alpha value is -0.0800. The normalized spacial score (nSPS) is 23.9. The van der Waals surface area contributed by atoms with Gasteiger partial charge >= 0.3 is 0 Å². The number of ether oxygens (including phenoxy) is 2. The molecule has 20 heavy (non-hydrogen) atoms. The van der Waals surface area contributed by atoms with Crippen molar-refractivity contribution in [1.29, 1.82) is 0 Å². The molecule has 0 unspecified atom stereocenters. The zero-order valence-corrected chi connectivity index (χ0v) is 14.7. The molecule has 118 valence electrons. The van der Waals surface area contributed by atoms with Gasteiger partial charge in [0.15, 0.2) is 11.7 Å². The van der Waals surface area contributed by atoms with E-state index in [0.29, 0.717) is 31.8 Å². The molecule has 1 saturated heterocycles. The van der Waals surface area contributed by atoms with Crippen LogP contribution < -0.4 is 11.1 Å². The largest absolute Gasteiger partial charge is 0.370 e. The molecule has 0 spiro atoms. The first-order valence-electron chi connectivity index (χ1n) is 7.52. The molecule has 6 heteroatoms. The van der Waals surface area contributed by atoms with Crippen molar-refractivity contribution >= 4 is 29.9 Å². The number of hydrogen-bond acceptors (Lipinski definition) is 3. The third kappa shape index (κ3) is 6.13. The second kappa shape index (κ2) is 9.04. The third-order valence-electron chi connectivity index (χ3n) is 3.95. The summed E-state index contributed by atoms with van der Waals surface area (Å²) in [5, 5.41) is 3.34. The van der Waals surface area contributed by atoms with Crippen LogP contribution >= 0.6 is 24.0 Å². The van der Waals surface area contributed by atoms with Crippen LogP contribution in [-0.2, 0) is 9.47 Å². The number of nitrogens with zero attached hydrogens (tertiary/aromatic N) is 1. The molecule has 1 aliphatic carbocycles. The number of rotatable bonds is 4. The molecular formula is C14H28IN3O2. The molecule has 0 bridgehead atoms. The molecule has 0 radical (unpaired) electrons. The molecule has 5 nitrogen and oxygen atoms in total. The summed E-state index contributed by atoms with van der Waals surface area (Å²) in [5.41, 5.74) is 5.94. The Morgan fingerprint density at radius 2 is 1.80 bits per heavy atom. The van der Waals surface area contributed by atoms with Crippen LogP contribution in [-0.4, -0.2) is 37.5 Å². The molecule has 0 aromatic rings. The predicted octanol–water partition coefficient (Wildman–Crippen LogP) is 2.38. The van der Waals surface area contributed by atoms with Crippen molar-refractivity contribution in [2.45, 2.75) is 63.7 Å². The molecule has 1 saturated carbocycles. The predicted molar refractivity (Wildman–Crippen MR) is 91.5 cm³/mol. The highest BCUT2D eigenvalue weighted by atomic mass is 127. The Morgan fingerprint density at radius 3 is 2.40 bits per heavy atom. The topological polar surface area (TPSA) is 68.9 Å². The van der Waals surface area contributed by atoms with Crippen molar-refractivity contribution in [3.63, 3.8) is 0 Å². The number of guanidine groups is 1. The average Bonchev–Trinajstić information content (AvgIpc) is 2.64. The van der Waals surface area contributed by atoms with Crippen LogP contribution in [0.4, 0.5) is 0 Å². The lowest BCUT2D eigenvalue weighted by Gasteiger charge is -2.21. The summed E-state index contributed by atoms with van der Waals surface area (Å²) in [4.78, 5) is 4.38. The zero-order valence-electron chi connectivity index (χ0n) is 12.4. The van der Waals surface area contributed by atoms with Gasteiger partial charge in [-0.3, -0.25) is 4.99 Å². The Labute approximate surface area is 139 Å². The minimum atomic E-state index is -0.466. The van der Waals surface area contributed by atoms with E-state index in [0.717, 1.165) is 6.42 Å². The van der Waals surface area contributed by atoms with Gasteiger partial charge in [-0.05, 0) is 19.8 Å². The number of nitrogens with one attached hydrogen (secondary N) is 1. The maximum atomic E-state index is 5.94. The quantitative estimate of drug-likeness (QED) is 0.331. The second-order valence-corrected chi connectivity index (χ2v) is 5.68. The molecule has 2 aliphatic rings. The van der Waals surface area contributed by atoms with Crippen molar-refractivity contribution in [2.75, 3.05) is 19.8 Å². The fraction of sp³-hybridized carbons (Fsp3) is 0.929. The van der Waals surface area contributed by atoms with Gasteiger partial charge in [-0.15, -0.1) is 24.0 Å². The van der Waals surface area contributed by atoms with Crippen molar-refractivity contribution in [1.82, 2.24) is 5.32 Å². The monoisotopic (exact) mass is 397 g/mol. The summed E-state index contributed by atoms with van der Waals surface area (Å²) in [6.07, 6.45) is 8.46. The van der Waals surface area contributed by atoms with Crippen LogP contribution in [0.1, 0.15) is 51.9 Å². The standard InChI is InChI=1S/C14H27N3O2.HI/c1-14(18-10-11-19-14)8-9-16-13(15)17-12-6-4-2-3-5-7-12;/h12H,2-11H2,1H3,(H3,15,16,17);1H. The van der Waals surface area contributed by atoms with Gasteiger partial charge in [0.2, 0.25) is 0 Å². The van der Waals surface area contributed by atoms with E-state index >= 15 is 0 Å². The summed E-state index contributed by atoms with van der Waals surface area (Å²) in [6.45, 7) is 3.96. The molecule has 0 amide bonds. The summed E-state index contributed by atoms with van der Waals surface area (Å²) in [5.74, 6) is 0.0973. The molecule has 2 rings (SSSR count). The van der Waals surface area contributed by atoms with Crippen molar-refractivity contribution < 1.29 is 9.47 Å². The van der Waals surface area contributed by atoms with Gasteiger partial charge < -0.3 is 20.5 Å². The zero-order chi connectivity index (χ0) is 13.6. The maximum absolute atomic E-state index is 5.94. The second-order valence-electron chi connectivity index (χ2n) is 5.68. The van der Waals surface area contributed by atoms with Crippen LogP contribution in [0.3, 0.4) is 0 Å². The van der Waals surface area contributed by atoms with Crippen LogP contribution in [0.25, 0.3) is 0 Å². The first-order valence-corrected chi connectivity index (χ1v) is 7.52. The van der Waals surface area contributed by atoms with Gasteiger partial charge in [-0.2, -0.15) is 0 Å². The Bertz CT molecular complexity index is 299. The first kappa shape index (κ1) is 18.0. The molecule has 0 atom stereocenters. The van der Waals surface area contributed by atoms with E-state index in [1.807, 2.05) is 6.92 Å². The molecule has 0 aromatic carbocycles. The number of hydrogen-bond donors (Lipinski definition) is 2. The third-order valence-corrected chi connectivity index (χ3v) is 3.95. The van der Waals surface area contributed by atoms with E-state index in [2.05, 4.69) is 10.3 Å². The van der Waals surface area contributed by atoms with Crippen LogP contribution in [0.15, 0.2) is 4.99 Å². The summed E-state index contributed by atoms with van der Waals surface area (Å²) in [6, 6.07) is 0.501. The fourth-order valence-corrected chi connectivity index (χ4v) is 2.76. The average molecular weight is 397 g/mol. The Kier molecular flexibility index (Phi) is 8.13. The van der Waals surface area contributed by atoms with E-state index in [4.69, 9.17) is 15.2 Å². The summed E-state index contributed by atoms with van der Waals surface area (Å²) in [7, 11) is 0. The molecule has 0 aromatic heterocycles.